The monoisotopic (exact) mass is 365 g/mol. The highest BCUT2D eigenvalue weighted by Crippen LogP contribution is 2.31. The Hall–Kier alpha value is -2.75. The van der Waals surface area contributed by atoms with Gasteiger partial charge in [0.2, 0.25) is 0 Å². The van der Waals surface area contributed by atoms with Gasteiger partial charge in [0.25, 0.3) is 0 Å². The van der Waals surface area contributed by atoms with Crippen LogP contribution in [0.25, 0.3) is 10.9 Å². The molecule has 0 aliphatic rings. The minimum Gasteiger partial charge on any atom is -0.494 e. The summed E-state index contributed by atoms with van der Waals surface area (Å²) in [6.45, 7) is 7.69. The average molecular weight is 365 g/mol. The third-order valence-corrected chi connectivity index (χ3v) is 4.72. The molecule has 0 saturated heterocycles. The van der Waals surface area contributed by atoms with Crippen molar-refractivity contribution in [3.63, 3.8) is 0 Å². The molecule has 0 amide bonds. The van der Waals surface area contributed by atoms with Crippen LogP contribution < -0.4 is 4.74 Å². The number of carbonyl (C=O) groups is 1. The number of unbranched alkanes of at least 4 members (excludes halogenated alkanes) is 1. The fourth-order valence-corrected chi connectivity index (χ4v) is 3.32. The van der Waals surface area contributed by atoms with Crippen LogP contribution in [0.3, 0.4) is 0 Å². The van der Waals surface area contributed by atoms with Crippen LogP contribution in [0.1, 0.15) is 48.3 Å². The first-order chi connectivity index (χ1) is 13.2. The van der Waals surface area contributed by atoms with E-state index in [1.165, 1.54) is 5.56 Å². The highest BCUT2D eigenvalue weighted by molar-refractivity contribution is 6.06. The zero-order chi connectivity index (χ0) is 19.2. The molecular weight excluding hydrogens is 338 g/mol. The Morgan fingerprint density at radius 1 is 1.07 bits per heavy atom. The molecule has 0 aliphatic carbocycles. The molecule has 0 unspecified atom stereocenters. The first-order valence-electron chi connectivity index (χ1n) is 9.62. The van der Waals surface area contributed by atoms with E-state index in [1.807, 2.05) is 50.2 Å². The van der Waals surface area contributed by atoms with Gasteiger partial charge in [0.05, 0.1) is 18.8 Å². The molecule has 2 aromatic carbocycles. The molecule has 0 radical (unpaired) electrons. The zero-order valence-electron chi connectivity index (χ0n) is 16.3. The summed E-state index contributed by atoms with van der Waals surface area (Å²) in [4.78, 5) is 12.6. The number of carbonyl (C=O) groups excluding carboxylic acids is 1. The van der Waals surface area contributed by atoms with Crippen molar-refractivity contribution in [2.45, 2.75) is 40.2 Å². The van der Waals surface area contributed by atoms with Crippen LogP contribution in [-0.2, 0) is 11.3 Å². The summed E-state index contributed by atoms with van der Waals surface area (Å²) in [5.74, 6) is 0.510. The minimum atomic E-state index is -0.280. The van der Waals surface area contributed by atoms with E-state index in [1.54, 1.807) is 0 Å². The van der Waals surface area contributed by atoms with Gasteiger partial charge in [0.1, 0.15) is 5.75 Å². The van der Waals surface area contributed by atoms with E-state index >= 15 is 0 Å². The standard InChI is InChI=1S/C23H27NO3/c1-4-6-14-27-19-12-13-21-20(15-19)22(23(25)26-5-2)17(3)24(21)16-18-10-8-7-9-11-18/h7-13,15H,4-6,14,16H2,1-3H3. The quantitative estimate of drug-likeness (QED) is 0.399. The SMILES string of the molecule is CCCCOc1ccc2c(c1)c(C(=O)OCC)c(C)n2Cc1ccccc1. The summed E-state index contributed by atoms with van der Waals surface area (Å²) in [6, 6.07) is 16.2. The third-order valence-electron chi connectivity index (χ3n) is 4.72. The van der Waals surface area contributed by atoms with Crippen molar-refractivity contribution in [1.29, 1.82) is 0 Å². The van der Waals surface area contributed by atoms with Crippen LogP contribution in [0, 0.1) is 6.92 Å². The fraction of sp³-hybridized carbons (Fsp3) is 0.348. The van der Waals surface area contributed by atoms with E-state index in [9.17, 15) is 4.79 Å². The fourth-order valence-electron chi connectivity index (χ4n) is 3.32. The van der Waals surface area contributed by atoms with Crippen molar-refractivity contribution in [3.05, 3.63) is 65.4 Å². The highest BCUT2D eigenvalue weighted by Gasteiger charge is 2.21. The molecule has 142 valence electrons. The normalized spacial score (nSPS) is 10.9. The predicted molar refractivity (Wildman–Crippen MR) is 109 cm³/mol. The lowest BCUT2D eigenvalue weighted by Gasteiger charge is -2.09. The maximum Gasteiger partial charge on any atom is 0.340 e. The Bertz CT molecular complexity index is 912. The molecule has 0 saturated carbocycles. The number of rotatable bonds is 8. The Labute approximate surface area is 160 Å². The Balaban J connectivity index is 2.06. The van der Waals surface area contributed by atoms with Gasteiger partial charge in [-0.1, -0.05) is 43.7 Å². The van der Waals surface area contributed by atoms with Gasteiger partial charge in [-0.15, -0.1) is 0 Å². The molecule has 0 bridgehead atoms. The molecule has 4 heteroatoms. The number of ether oxygens (including phenoxy) is 2. The van der Waals surface area contributed by atoms with Crippen molar-refractivity contribution in [2.75, 3.05) is 13.2 Å². The maximum absolute atomic E-state index is 12.6. The highest BCUT2D eigenvalue weighted by atomic mass is 16.5. The molecule has 0 atom stereocenters. The average Bonchev–Trinajstić information content (AvgIpc) is 2.94. The number of esters is 1. The smallest absolute Gasteiger partial charge is 0.340 e. The molecule has 0 aliphatic heterocycles. The van der Waals surface area contributed by atoms with Crippen molar-refractivity contribution < 1.29 is 14.3 Å². The van der Waals surface area contributed by atoms with Crippen molar-refractivity contribution in [2.24, 2.45) is 0 Å². The van der Waals surface area contributed by atoms with E-state index in [4.69, 9.17) is 9.47 Å². The van der Waals surface area contributed by atoms with E-state index < -0.39 is 0 Å². The van der Waals surface area contributed by atoms with Crippen LogP contribution in [-0.4, -0.2) is 23.8 Å². The first kappa shape index (κ1) is 19.0. The van der Waals surface area contributed by atoms with Crippen LogP contribution in [0.15, 0.2) is 48.5 Å². The number of nitrogens with zero attached hydrogens (tertiary/aromatic N) is 1. The molecule has 27 heavy (non-hydrogen) atoms. The molecule has 1 heterocycles. The Morgan fingerprint density at radius 2 is 1.85 bits per heavy atom. The van der Waals surface area contributed by atoms with E-state index in [0.29, 0.717) is 25.3 Å². The van der Waals surface area contributed by atoms with Gasteiger partial charge < -0.3 is 14.0 Å². The largest absolute Gasteiger partial charge is 0.494 e. The van der Waals surface area contributed by atoms with Gasteiger partial charge in [0.15, 0.2) is 0 Å². The Morgan fingerprint density at radius 3 is 2.56 bits per heavy atom. The molecule has 3 rings (SSSR count). The summed E-state index contributed by atoms with van der Waals surface area (Å²) < 4.78 is 13.4. The molecule has 0 N–H and O–H groups in total. The second-order valence-corrected chi connectivity index (χ2v) is 6.63. The number of hydrogen-bond donors (Lipinski definition) is 0. The number of fused-ring (bicyclic) bond motifs is 1. The predicted octanol–water partition coefficient (Wildman–Crippen LogP) is 5.35. The second kappa shape index (κ2) is 8.76. The molecule has 0 fully saturated rings. The van der Waals surface area contributed by atoms with Gasteiger partial charge in [-0.05, 0) is 44.0 Å². The van der Waals surface area contributed by atoms with Crippen molar-refractivity contribution in [1.82, 2.24) is 4.57 Å². The summed E-state index contributed by atoms with van der Waals surface area (Å²) >= 11 is 0. The van der Waals surface area contributed by atoms with Crippen LogP contribution in [0.4, 0.5) is 0 Å². The van der Waals surface area contributed by atoms with Crippen molar-refractivity contribution in [3.8, 4) is 5.75 Å². The summed E-state index contributed by atoms with van der Waals surface area (Å²) in [7, 11) is 0. The number of benzene rings is 2. The molecule has 1 aromatic heterocycles. The molecule has 3 aromatic rings. The first-order valence-corrected chi connectivity index (χ1v) is 9.62. The van der Waals surface area contributed by atoms with Crippen LogP contribution in [0.2, 0.25) is 0 Å². The molecule has 0 spiro atoms. The van der Waals surface area contributed by atoms with Gasteiger partial charge in [-0.25, -0.2) is 4.79 Å². The number of aromatic nitrogens is 1. The van der Waals surface area contributed by atoms with Crippen LogP contribution >= 0.6 is 0 Å². The van der Waals surface area contributed by atoms with Crippen molar-refractivity contribution >= 4 is 16.9 Å². The van der Waals surface area contributed by atoms with Gasteiger partial charge in [-0.3, -0.25) is 0 Å². The lowest BCUT2D eigenvalue weighted by Crippen LogP contribution is -2.08. The second-order valence-electron chi connectivity index (χ2n) is 6.63. The summed E-state index contributed by atoms with van der Waals surface area (Å²) in [5.41, 5.74) is 3.75. The summed E-state index contributed by atoms with van der Waals surface area (Å²) in [5, 5.41) is 0.885. The number of hydrogen-bond acceptors (Lipinski definition) is 3. The molecular formula is C23H27NO3. The zero-order valence-corrected chi connectivity index (χ0v) is 16.3. The van der Waals surface area contributed by atoms with E-state index in [2.05, 4.69) is 23.6 Å². The van der Waals surface area contributed by atoms with Gasteiger partial charge >= 0.3 is 5.97 Å². The lowest BCUT2D eigenvalue weighted by atomic mass is 10.1. The minimum absolute atomic E-state index is 0.280. The summed E-state index contributed by atoms with van der Waals surface area (Å²) in [6.07, 6.45) is 2.10. The van der Waals surface area contributed by atoms with E-state index in [0.717, 1.165) is 35.2 Å². The topological polar surface area (TPSA) is 40.5 Å². The van der Waals surface area contributed by atoms with E-state index in [-0.39, 0.29) is 5.97 Å². The Kier molecular flexibility index (Phi) is 6.17. The maximum atomic E-state index is 12.6. The third kappa shape index (κ3) is 4.16. The molecule has 4 nitrogen and oxygen atoms in total. The van der Waals surface area contributed by atoms with Crippen LogP contribution in [0.5, 0.6) is 5.75 Å². The van der Waals surface area contributed by atoms with Gasteiger partial charge in [0, 0.05) is 23.1 Å². The lowest BCUT2D eigenvalue weighted by molar-refractivity contribution is 0.0527. The van der Waals surface area contributed by atoms with Gasteiger partial charge in [-0.2, -0.15) is 0 Å².